The molecule has 0 bridgehead atoms. The first-order chi connectivity index (χ1) is 6.11. The lowest BCUT2D eigenvalue weighted by Crippen LogP contribution is -2.43. The molecule has 2 unspecified atom stereocenters. The van der Waals surface area contributed by atoms with Crippen molar-refractivity contribution in [3.63, 3.8) is 0 Å². The predicted molar refractivity (Wildman–Crippen MR) is 53.6 cm³/mol. The fourth-order valence-electron chi connectivity index (χ4n) is 1.48. The van der Waals surface area contributed by atoms with Gasteiger partial charge in [-0.3, -0.25) is 4.79 Å². The molecule has 2 atom stereocenters. The first-order valence-electron chi connectivity index (χ1n) is 4.45. The summed E-state index contributed by atoms with van der Waals surface area (Å²) >= 11 is 5.54. The van der Waals surface area contributed by atoms with E-state index >= 15 is 0 Å². The lowest BCUT2D eigenvalue weighted by atomic mass is 10.0. The van der Waals surface area contributed by atoms with Crippen LogP contribution in [0.25, 0.3) is 0 Å². The molecule has 1 saturated heterocycles. The first-order valence-corrected chi connectivity index (χ1v) is 4.83. The van der Waals surface area contributed by atoms with Crippen molar-refractivity contribution in [1.82, 2.24) is 10.6 Å². The summed E-state index contributed by atoms with van der Waals surface area (Å²) in [6.07, 6.45) is 1.06. The number of hydrogen-bond acceptors (Lipinski definition) is 2. The number of nitrogens with one attached hydrogen (secondary N) is 2. The van der Waals surface area contributed by atoms with E-state index in [4.69, 9.17) is 11.6 Å². The molecule has 0 radical (unpaired) electrons. The first kappa shape index (κ1) is 10.5. The minimum atomic E-state index is -0.0592. The summed E-state index contributed by atoms with van der Waals surface area (Å²) < 4.78 is 0. The van der Waals surface area contributed by atoms with Crippen molar-refractivity contribution in [1.29, 1.82) is 0 Å². The van der Waals surface area contributed by atoms with Crippen LogP contribution in [0.15, 0.2) is 11.6 Å². The molecule has 1 aliphatic heterocycles. The van der Waals surface area contributed by atoms with Gasteiger partial charge in [0.25, 0.3) is 0 Å². The lowest BCUT2D eigenvalue weighted by Gasteiger charge is -2.14. The van der Waals surface area contributed by atoms with Gasteiger partial charge in [-0.25, -0.2) is 0 Å². The van der Waals surface area contributed by atoms with E-state index in [1.165, 1.54) is 0 Å². The molecular formula is C9H15ClN2O. The van der Waals surface area contributed by atoms with Crippen molar-refractivity contribution in [2.24, 2.45) is 5.92 Å². The van der Waals surface area contributed by atoms with Gasteiger partial charge in [0.1, 0.15) is 0 Å². The lowest BCUT2D eigenvalue weighted by molar-refractivity contribution is -0.123. The molecule has 1 heterocycles. The maximum Gasteiger partial charge on any atom is 0.237 e. The highest BCUT2D eigenvalue weighted by atomic mass is 35.5. The fraction of sp³-hybridized carbons (Fsp3) is 0.667. The zero-order valence-corrected chi connectivity index (χ0v) is 8.53. The van der Waals surface area contributed by atoms with E-state index in [0.29, 0.717) is 17.5 Å². The Morgan fingerprint density at radius 3 is 2.92 bits per heavy atom. The molecule has 0 aromatic rings. The third-order valence-electron chi connectivity index (χ3n) is 2.27. The van der Waals surface area contributed by atoms with Crippen LogP contribution in [0.4, 0.5) is 0 Å². The van der Waals surface area contributed by atoms with E-state index in [9.17, 15) is 4.79 Å². The SMILES string of the molecule is C=C(Cl)CNC(=O)C1NCCC1C. The minimum absolute atomic E-state index is 0.0202. The Bertz CT molecular complexity index is 218. The van der Waals surface area contributed by atoms with E-state index in [0.717, 1.165) is 13.0 Å². The van der Waals surface area contributed by atoms with Crippen molar-refractivity contribution in [3.8, 4) is 0 Å². The van der Waals surface area contributed by atoms with E-state index in [2.05, 4.69) is 24.1 Å². The normalized spacial score (nSPS) is 27.2. The minimum Gasteiger partial charge on any atom is -0.350 e. The molecule has 2 N–H and O–H groups in total. The third-order valence-corrected chi connectivity index (χ3v) is 2.40. The molecule has 74 valence electrons. The second-order valence-corrected chi connectivity index (χ2v) is 3.97. The highest BCUT2D eigenvalue weighted by molar-refractivity contribution is 6.29. The zero-order chi connectivity index (χ0) is 9.84. The molecular weight excluding hydrogens is 188 g/mol. The number of halogens is 1. The van der Waals surface area contributed by atoms with Gasteiger partial charge in [-0.15, -0.1) is 0 Å². The average molecular weight is 203 g/mol. The van der Waals surface area contributed by atoms with E-state index < -0.39 is 0 Å². The highest BCUT2D eigenvalue weighted by Crippen LogP contribution is 2.14. The van der Waals surface area contributed by atoms with Crippen LogP contribution in [0, 0.1) is 5.92 Å². The summed E-state index contributed by atoms with van der Waals surface area (Å²) in [5, 5.41) is 6.32. The van der Waals surface area contributed by atoms with Gasteiger partial charge in [-0.1, -0.05) is 25.1 Å². The van der Waals surface area contributed by atoms with Gasteiger partial charge in [0.05, 0.1) is 12.6 Å². The predicted octanol–water partition coefficient (Wildman–Crippen LogP) is 0.853. The van der Waals surface area contributed by atoms with Crippen LogP contribution in [-0.4, -0.2) is 25.0 Å². The van der Waals surface area contributed by atoms with Crippen LogP contribution in [0.5, 0.6) is 0 Å². The summed E-state index contributed by atoms with van der Waals surface area (Å²) in [5.41, 5.74) is 0. The molecule has 0 saturated carbocycles. The van der Waals surface area contributed by atoms with Gasteiger partial charge in [0, 0.05) is 5.03 Å². The number of amides is 1. The molecule has 0 aliphatic carbocycles. The molecule has 1 rings (SSSR count). The smallest absolute Gasteiger partial charge is 0.237 e. The quantitative estimate of drug-likeness (QED) is 0.713. The molecule has 0 spiro atoms. The largest absolute Gasteiger partial charge is 0.350 e. The number of carbonyl (C=O) groups is 1. The number of rotatable bonds is 3. The Morgan fingerprint density at radius 2 is 2.46 bits per heavy atom. The molecule has 1 aliphatic rings. The molecule has 1 fully saturated rings. The van der Waals surface area contributed by atoms with Crippen LogP contribution in [0.1, 0.15) is 13.3 Å². The second-order valence-electron chi connectivity index (χ2n) is 3.43. The van der Waals surface area contributed by atoms with Gasteiger partial charge in [0.2, 0.25) is 5.91 Å². The summed E-state index contributed by atoms with van der Waals surface area (Å²) in [6, 6.07) is -0.0592. The van der Waals surface area contributed by atoms with Crippen molar-refractivity contribution in [2.45, 2.75) is 19.4 Å². The average Bonchev–Trinajstić information content (AvgIpc) is 2.47. The molecule has 0 aromatic heterocycles. The molecule has 3 nitrogen and oxygen atoms in total. The Kier molecular flexibility index (Phi) is 3.75. The van der Waals surface area contributed by atoms with Gasteiger partial charge in [-0.2, -0.15) is 0 Å². The third kappa shape index (κ3) is 3.01. The fourth-order valence-corrected chi connectivity index (χ4v) is 1.55. The van der Waals surface area contributed by atoms with E-state index in [1.807, 2.05) is 0 Å². The number of carbonyl (C=O) groups excluding carboxylic acids is 1. The Hall–Kier alpha value is -0.540. The summed E-state index contributed by atoms with van der Waals surface area (Å²) in [5.74, 6) is 0.426. The summed E-state index contributed by atoms with van der Waals surface area (Å²) in [4.78, 5) is 11.5. The second kappa shape index (κ2) is 4.63. The van der Waals surface area contributed by atoms with Crippen LogP contribution < -0.4 is 10.6 Å². The summed E-state index contributed by atoms with van der Waals surface area (Å²) in [6.45, 7) is 6.84. The summed E-state index contributed by atoms with van der Waals surface area (Å²) in [7, 11) is 0. The van der Waals surface area contributed by atoms with Crippen LogP contribution >= 0.6 is 11.6 Å². The standard InChI is InChI=1S/C9H15ClN2O/c1-6-3-4-11-8(6)9(13)12-5-7(2)10/h6,8,11H,2-5H2,1H3,(H,12,13). The number of hydrogen-bond donors (Lipinski definition) is 2. The van der Waals surface area contributed by atoms with E-state index in [1.54, 1.807) is 0 Å². The van der Waals surface area contributed by atoms with Crippen LogP contribution in [0.2, 0.25) is 0 Å². The van der Waals surface area contributed by atoms with Crippen LogP contribution in [-0.2, 0) is 4.79 Å². The highest BCUT2D eigenvalue weighted by Gasteiger charge is 2.28. The molecule has 13 heavy (non-hydrogen) atoms. The monoisotopic (exact) mass is 202 g/mol. The Labute approximate surface area is 83.5 Å². The van der Waals surface area contributed by atoms with Crippen molar-refractivity contribution >= 4 is 17.5 Å². The molecule has 1 amide bonds. The van der Waals surface area contributed by atoms with Gasteiger partial charge in [0.15, 0.2) is 0 Å². The topological polar surface area (TPSA) is 41.1 Å². The van der Waals surface area contributed by atoms with E-state index in [-0.39, 0.29) is 11.9 Å². The Morgan fingerprint density at radius 1 is 1.77 bits per heavy atom. The Balaban J connectivity index is 2.34. The maximum atomic E-state index is 11.5. The van der Waals surface area contributed by atoms with Crippen molar-refractivity contribution < 1.29 is 4.79 Å². The van der Waals surface area contributed by atoms with Crippen molar-refractivity contribution in [2.75, 3.05) is 13.1 Å². The zero-order valence-electron chi connectivity index (χ0n) is 7.77. The maximum absolute atomic E-state index is 11.5. The molecule has 0 aromatic carbocycles. The van der Waals surface area contributed by atoms with Gasteiger partial charge >= 0.3 is 0 Å². The van der Waals surface area contributed by atoms with Crippen molar-refractivity contribution in [3.05, 3.63) is 11.6 Å². The molecule has 4 heteroatoms. The van der Waals surface area contributed by atoms with Crippen LogP contribution in [0.3, 0.4) is 0 Å². The van der Waals surface area contributed by atoms with Gasteiger partial charge < -0.3 is 10.6 Å². The van der Waals surface area contributed by atoms with Gasteiger partial charge in [-0.05, 0) is 18.9 Å².